The Bertz CT molecular complexity index is 5240. The Morgan fingerprint density at radius 3 is 1.27 bits per heavy atom. The van der Waals surface area contributed by atoms with Crippen LogP contribution in [0, 0.1) is 0 Å². The van der Waals surface area contributed by atoms with E-state index in [0.717, 1.165) is 79.2 Å². The van der Waals surface area contributed by atoms with E-state index in [4.69, 9.17) is 4.98 Å². The Kier molecular flexibility index (Phi) is 10.4. The fourth-order valence-corrected chi connectivity index (χ4v) is 13.6. The van der Waals surface area contributed by atoms with Crippen molar-refractivity contribution < 1.29 is 0 Å². The van der Waals surface area contributed by atoms with Gasteiger partial charge in [-0.3, -0.25) is 4.98 Å². The van der Waals surface area contributed by atoms with Gasteiger partial charge in [0.25, 0.3) is 0 Å². The summed E-state index contributed by atoms with van der Waals surface area (Å²) < 4.78 is 9.92. The molecule has 384 valence electrons. The van der Waals surface area contributed by atoms with Gasteiger partial charge < -0.3 is 18.3 Å². The molecule has 0 amide bonds. The highest BCUT2D eigenvalue weighted by Gasteiger charge is 2.24. The van der Waals surface area contributed by atoms with Crippen LogP contribution in [0.25, 0.3) is 143 Å². The third-order valence-electron chi connectivity index (χ3n) is 17.2. The van der Waals surface area contributed by atoms with Crippen LogP contribution in [0.5, 0.6) is 0 Å². The molecule has 5 nitrogen and oxygen atoms in total. The summed E-state index contributed by atoms with van der Waals surface area (Å²) in [5, 5.41) is 9.82. The quantitative estimate of drug-likeness (QED) is 0.149. The number of hydrogen-bond donors (Lipinski definition) is 0. The average Bonchev–Trinajstić information content (AvgIpc) is 2.26. The molecule has 0 saturated carbocycles. The number of fused-ring (bicyclic) bond motifs is 13. The van der Waals surface area contributed by atoms with Gasteiger partial charge in [0, 0.05) is 71.6 Å². The predicted octanol–water partition coefficient (Wildman–Crippen LogP) is 20.1. The molecule has 5 aromatic heterocycles. The molecule has 16 aromatic rings. The van der Waals surface area contributed by atoms with Crippen molar-refractivity contribution in [3.63, 3.8) is 0 Å². The SMILES string of the molecule is C1=CCC(c2cc(-n3c4ccccc4c4c5c6ccccc6n(-c6cccc(-n7c8ccccc8c8cc9c%10ccccc%10n(-c%10cc(-c%11ccccc%11)cc(-c%11ccccc%11)c%10)c9cc87)c6)c5ccc43)cc(-c3ccccc3)n2)C=C1. The van der Waals surface area contributed by atoms with Crippen LogP contribution in [0.15, 0.2) is 291 Å². The molecule has 1 atom stereocenters. The fraction of sp³-hybridized carbons (Fsp3) is 0.0260. The topological polar surface area (TPSA) is 32.6 Å². The van der Waals surface area contributed by atoms with Gasteiger partial charge in [0.15, 0.2) is 0 Å². The summed E-state index contributed by atoms with van der Waals surface area (Å²) in [7, 11) is 0. The summed E-state index contributed by atoms with van der Waals surface area (Å²) in [6.45, 7) is 0. The van der Waals surface area contributed by atoms with Gasteiger partial charge in [-0.25, -0.2) is 0 Å². The van der Waals surface area contributed by atoms with Gasteiger partial charge in [-0.15, -0.1) is 0 Å². The maximum Gasteiger partial charge on any atom is 0.0726 e. The second kappa shape index (κ2) is 18.4. The normalized spacial score (nSPS) is 13.6. The van der Waals surface area contributed by atoms with Crippen LogP contribution in [0.4, 0.5) is 0 Å². The van der Waals surface area contributed by atoms with Gasteiger partial charge in [0.1, 0.15) is 0 Å². The zero-order valence-electron chi connectivity index (χ0n) is 44.7. The minimum atomic E-state index is 0.188. The Morgan fingerprint density at radius 2 is 0.732 bits per heavy atom. The van der Waals surface area contributed by atoms with Crippen LogP contribution in [0.2, 0.25) is 0 Å². The van der Waals surface area contributed by atoms with E-state index >= 15 is 0 Å². The summed E-state index contributed by atoms with van der Waals surface area (Å²) in [6, 6.07) is 98.2. The minimum absolute atomic E-state index is 0.188. The van der Waals surface area contributed by atoms with Crippen molar-refractivity contribution in [1.82, 2.24) is 23.3 Å². The maximum absolute atomic E-state index is 5.34. The van der Waals surface area contributed by atoms with E-state index in [9.17, 15) is 0 Å². The zero-order chi connectivity index (χ0) is 53.8. The molecule has 0 bridgehead atoms. The molecule has 82 heavy (non-hydrogen) atoms. The molecule has 0 N–H and O–H groups in total. The van der Waals surface area contributed by atoms with Crippen molar-refractivity contribution in [2.75, 3.05) is 0 Å². The Hall–Kier alpha value is -10.8. The summed E-state index contributed by atoms with van der Waals surface area (Å²) in [5.74, 6) is 0.188. The molecule has 0 radical (unpaired) electrons. The highest BCUT2D eigenvalue weighted by Crippen LogP contribution is 2.45. The molecule has 0 aliphatic heterocycles. The molecule has 1 aliphatic carbocycles. The molecule has 11 aromatic carbocycles. The number of rotatable bonds is 8. The van der Waals surface area contributed by atoms with Crippen LogP contribution < -0.4 is 0 Å². The first-order chi connectivity index (χ1) is 40.7. The summed E-state index contributed by atoms with van der Waals surface area (Å²) >= 11 is 0. The number of aromatic nitrogens is 5. The van der Waals surface area contributed by atoms with E-state index in [1.165, 1.54) is 76.4 Å². The molecule has 0 spiro atoms. The van der Waals surface area contributed by atoms with E-state index in [0.29, 0.717) is 0 Å². The third kappa shape index (κ3) is 7.16. The van der Waals surface area contributed by atoms with Crippen LogP contribution in [-0.4, -0.2) is 23.3 Å². The fourth-order valence-electron chi connectivity index (χ4n) is 13.6. The zero-order valence-corrected chi connectivity index (χ0v) is 44.7. The van der Waals surface area contributed by atoms with E-state index < -0.39 is 0 Å². The van der Waals surface area contributed by atoms with Crippen LogP contribution in [0.3, 0.4) is 0 Å². The number of nitrogens with zero attached hydrogens (tertiary/aromatic N) is 5. The lowest BCUT2D eigenvalue weighted by atomic mass is 9.95. The van der Waals surface area contributed by atoms with Crippen LogP contribution in [-0.2, 0) is 0 Å². The standard InChI is InChI=1S/C77H51N5/c1-5-22-50(23-6-1)54-42-55(51-24-7-2-8-25-51)44-58(43-54)82-69-37-18-14-33-61(69)65-48-64-60-32-13-17-36-68(60)80(74(64)49-75(65)82)57-31-21-30-56(45-57)79-70-38-19-15-34-62(70)76-72(79)40-41-73-77(76)63-35-16-20-39-71(63)81(73)59-46-66(52-26-9-3-10-27-52)78-67(47-59)53-28-11-4-12-29-53/h1-28,30-49,53H,29H2. The highest BCUT2D eigenvalue weighted by molar-refractivity contribution is 6.29. The third-order valence-corrected chi connectivity index (χ3v) is 17.2. The van der Waals surface area contributed by atoms with E-state index in [2.05, 4.69) is 309 Å². The number of para-hydroxylation sites is 4. The first-order valence-electron chi connectivity index (χ1n) is 28.4. The monoisotopic (exact) mass is 1050 g/mol. The Morgan fingerprint density at radius 1 is 0.280 bits per heavy atom. The molecule has 0 fully saturated rings. The van der Waals surface area contributed by atoms with Crippen molar-refractivity contribution in [2.45, 2.75) is 12.3 Å². The van der Waals surface area contributed by atoms with Gasteiger partial charge in [0.2, 0.25) is 0 Å². The average molecular weight is 1050 g/mol. The summed E-state index contributed by atoms with van der Waals surface area (Å²) in [6.07, 6.45) is 9.75. The lowest BCUT2D eigenvalue weighted by molar-refractivity contribution is 0.815. The summed E-state index contributed by atoms with van der Waals surface area (Å²) in [5.41, 5.74) is 21.6. The largest absolute Gasteiger partial charge is 0.309 e. The lowest BCUT2D eigenvalue weighted by Gasteiger charge is -2.17. The molecule has 17 rings (SSSR count). The molecule has 1 aliphatic rings. The molecule has 5 heterocycles. The van der Waals surface area contributed by atoms with Gasteiger partial charge in [0.05, 0.1) is 61.2 Å². The van der Waals surface area contributed by atoms with E-state index in [1.807, 2.05) is 0 Å². The first-order valence-corrected chi connectivity index (χ1v) is 28.4. The van der Waals surface area contributed by atoms with Crippen LogP contribution in [0.1, 0.15) is 18.0 Å². The Labute approximate surface area is 473 Å². The van der Waals surface area contributed by atoms with Crippen molar-refractivity contribution >= 4 is 87.2 Å². The van der Waals surface area contributed by atoms with Gasteiger partial charge in [-0.1, -0.05) is 194 Å². The molecular weight excluding hydrogens is 995 g/mol. The van der Waals surface area contributed by atoms with Crippen LogP contribution >= 0.6 is 0 Å². The minimum Gasteiger partial charge on any atom is -0.309 e. The van der Waals surface area contributed by atoms with Crippen molar-refractivity contribution in [1.29, 1.82) is 0 Å². The van der Waals surface area contributed by atoms with E-state index in [1.54, 1.807) is 0 Å². The predicted molar refractivity (Wildman–Crippen MR) is 344 cm³/mol. The number of pyridine rings is 1. The first kappa shape index (κ1) is 46.2. The van der Waals surface area contributed by atoms with Gasteiger partial charge in [-0.05, 0) is 126 Å². The Balaban J connectivity index is 0.877. The number of hydrogen-bond acceptors (Lipinski definition) is 1. The molecule has 5 heteroatoms. The van der Waals surface area contributed by atoms with Crippen molar-refractivity contribution in [3.05, 3.63) is 297 Å². The lowest BCUT2D eigenvalue weighted by Crippen LogP contribution is -2.04. The second-order valence-electron chi connectivity index (χ2n) is 21.8. The summed E-state index contributed by atoms with van der Waals surface area (Å²) in [4.78, 5) is 5.34. The maximum atomic E-state index is 5.34. The molecular formula is C77H51N5. The van der Waals surface area contributed by atoms with E-state index in [-0.39, 0.29) is 5.92 Å². The second-order valence-corrected chi connectivity index (χ2v) is 21.8. The number of allylic oxidation sites excluding steroid dienone is 4. The van der Waals surface area contributed by atoms with Crippen molar-refractivity contribution in [3.8, 4) is 56.3 Å². The van der Waals surface area contributed by atoms with Gasteiger partial charge in [-0.2, -0.15) is 0 Å². The number of benzene rings is 11. The van der Waals surface area contributed by atoms with Gasteiger partial charge >= 0.3 is 0 Å². The molecule has 1 unspecified atom stereocenters. The molecule has 0 saturated heterocycles. The highest BCUT2D eigenvalue weighted by atomic mass is 15.0. The van der Waals surface area contributed by atoms with Crippen molar-refractivity contribution in [2.24, 2.45) is 0 Å². The smallest absolute Gasteiger partial charge is 0.0726 e.